The van der Waals surface area contributed by atoms with Gasteiger partial charge in [-0.3, -0.25) is 19.7 Å². The number of carbonyl (C=O) groups is 1. The fourth-order valence-electron chi connectivity index (χ4n) is 5.50. The molecule has 4 aromatic rings. The van der Waals surface area contributed by atoms with Crippen molar-refractivity contribution >= 4 is 29.1 Å². The summed E-state index contributed by atoms with van der Waals surface area (Å²) in [5.74, 6) is 0.410. The molecule has 2 aromatic heterocycles. The molecule has 0 unspecified atom stereocenters. The number of aromatic nitrogens is 4. The van der Waals surface area contributed by atoms with Crippen molar-refractivity contribution in [1.29, 1.82) is 0 Å². The third kappa shape index (κ3) is 8.94. The number of nitrogens with one attached hydrogen (secondary N) is 2. The van der Waals surface area contributed by atoms with Gasteiger partial charge >= 0.3 is 6.18 Å². The number of alkyl halides is 3. The summed E-state index contributed by atoms with van der Waals surface area (Å²) in [6, 6.07) is 10.8. The lowest BCUT2D eigenvalue weighted by Gasteiger charge is -2.23. The molecule has 1 amide bonds. The van der Waals surface area contributed by atoms with Crippen molar-refractivity contribution in [2.24, 2.45) is 0 Å². The summed E-state index contributed by atoms with van der Waals surface area (Å²) >= 11 is 13.9. The molecule has 16 heteroatoms. The van der Waals surface area contributed by atoms with Crippen LogP contribution in [0.2, 0.25) is 10.0 Å². The largest absolute Gasteiger partial charge is 0.480 e. The Morgan fingerprint density at radius 1 is 0.939 bits per heavy atom. The van der Waals surface area contributed by atoms with Crippen LogP contribution in [0.25, 0.3) is 33.6 Å². The van der Waals surface area contributed by atoms with Crippen LogP contribution in [-0.4, -0.2) is 88.5 Å². The molecule has 2 aromatic carbocycles. The fourth-order valence-corrected chi connectivity index (χ4v) is 6.15. The van der Waals surface area contributed by atoms with Gasteiger partial charge in [-0.2, -0.15) is 13.2 Å². The van der Waals surface area contributed by atoms with Crippen molar-refractivity contribution < 1.29 is 32.5 Å². The average molecular weight is 721 g/mol. The van der Waals surface area contributed by atoms with E-state index in [1.165, 1.54) is 20.4 Å². The van der Waals surface area contributed by atoms with Gasteiger partial charge in [-0.15, -0.1) is 0 Å². The van der Waals surface area contributed by atoms with Crippen LogP contribution in [0.3, 0.4) is 0 Å². The van der Waals surface area contributed by atoms with Crippen molar-refractivity contribution in [3.05, 3.63) is 70.2 Å². The standard InChI is InChI=1S/C33H34Cl2F3N7O4/c1-48-31-26(14-39-13-19-9-10-28(47)42-19)40-15-24(43-31)22-7-3-5-20(29(22)34)21-6-4-8-23(30(21)35)25-16-41-27(32(44-25)49-2)17-45(11-12-46)18-33(36,37)38/h3-8,15-16,19,39,46H,9-14,17-18H2,1-2H3,(H,42,47)/t19-/m0/s1. The summed E-state index contributed by atoms with van der Waals surface area (Å²) in [5, 5.41) is 16.1. The SMILES string of the molecule is COc1nc(-c2cccc(-c3cccc(-c4cnc(CN(CCO)CC(F)(F)F)c(OC)n4)c3Cl)c2Cl)cnc1CNC[C@@H]1CCC(=O)N1. The van der Waals surface area contributed by atoms with Gasteiger partial charge in [0.1, 0.15) is 11.4 Å². The Bertz CT molecular complexity index is 1800. The van der Waals surface area contributed by atoms with Crippen molar-refractivity contribution in [2.75, 3.05) is 40.5 Å². The lowest BCUT2D eigenvalue weighted by Crippen LogP contribution is -2.36. The second-order valence-corrected chi connectivity index (χ2v) is 12.0. The van der Waals surface area contributed by atoms with Crippen LogP contribution in [0.4, 0.5) is 13.2 Å². The molecule has 49 heavy (non-hydrogen) atoms. The van der Waals surface area contributed by atoms with Crippen molar-refractivity contribution in [1.82, 2.24) is 35.5 Å². The lowest BCUT2D eigenvalue weighted by atomic mass is 9.98. The number of nitrogens with zero attached hydrogens (tertiary/aromatic N) is 5. The van der Waals surface area contributed by atoms with Crippen molar-refractivity contribution in [3.63, 3.8) is 0 Å². The highest BCUT2D eigenvalue weighted by Crippen LogP contribution is 2.42. The van der Waals surface area contributed by atoms with Gasteiger partial charge in [-0.25, -0.2) is 9.97 Å². The minimum absolute atomic E-state index is 0.0283. The molecule has 1 aliphatic rings. The molecule has 3 N–H and O–H groups in total. The summed E-state index contributed by atoms with van der Waals surface area (Å²) < 4.78 is 50.1. The number of carbonyl (C=O) groups excluding carboxylic acids is 1. The number of amides is 1. The highest BCUT2D eigenvalue weighted by Gasteiger charge is 2.31. The van der Waals surface area contributed by atoms with E-state index in [4.69, 9.17) is 32.7 Å². The Morgan fingerprint density at radius 2 is 1.49 bits per heavy atom. The topological polar surface area (TPSA) is 135 Å². The van der Waals surface area contributed by atoms with E-state index in [9.17, 15) is 23.1 Å². The zero-order chi connectivity index (χ0) is 35.1. The zero-order valence-electron chi connectivity index (χ0n) is 26.7. The van der Waals surface area contributed by atoms with Crippen molar-refractivity contribution in [2.45, 2.75) is 38.1 Å². The summed E-state index contributed by atoms with van der Waals surface area (Å²) in [6.07, 6.45) is -0.132. The molecule has 1 atom stereocenters. The number of rotatable bonds is 14. The van der Waals surface area contributed by atoms with Gasteiger partial charge in [0.25, 0.3) is 0 Å². The Kier molecular flexibility index (Phi) is 11.9. The third-order valence-electron chi connectivity index (χ3n) is 7.81. The molecule has 11 nitrogen and oxygen atoms in total. The number of ether oxygens (including phenoxy) is 2. The highest BCUT2D eigenvalue weighted by molar-refractivity contribution is 6.39. The average Bonchev–Trinajstić information content (AvgIpc) is 3.49. The van der Waals surface area contributed by atoms with E-state index >= 15 is 0 Å². The number of halogens is 5. The Hall–Kier alpha value is -4.08. The minimum Gasteiger partial charge on any atom is -0.480 e. The zero-order valence-corrected chi connectivity index (χ0v) is 28.2. The summed E-state index contributed by atoms with van der Waals surface area (Å²) in [4.78, 5) is 30.6. The molecule has 260 valence electrons. The first-order valence-corrected chi connectivity index (χ1v) is 16.0. The van der Waals surface area contributed by atoms with Crippen LogP contribution >= 0.6 is 23.2 Å². The molecule has 3 heterocycles. The molecular weight excluding hydrogens is 686 g/mol. The molecule has 5 rings (SSSR count). The predicted octanol–water partition coefficient (Wildman–Crippen LogP) is 5.32. The van der Waals surface area contributed by atoms with Gasteiger partial charge in [0.15, 0.2) is 0 Å². The van der Waals surface area contributed by atoms with Gasteiger partial charge in [-0.1, -0.05) is 59.6 Å². The smallest absolute Gasteiger partial charge is 0.401 e. The second-order valence-electron chi connectivity index (χ2n) is 11.2. The van der Waals surface area contributed by atoms with Crippen LogP contribution < -0.4 is 20.1 Å². The predicted molar refractivity (Wildman–Crippen MR) is 178 cm³/mol. The summed E-state index contributed by atoms with van der Waals surface area (Å²) in [7, 11) is 2.86. The molecule has 0 aliphatic carbocycles. The van der Waals surface area contributed by atoms with Gasteiger partial charge in [0.2, 0.25) is 17.7 Å². The van der Waals surface area contributed by atoms with Crippen LogP contribution in [0.5, 0.6) is 11.8 Å². The molecule has 0 spiro atoms. The van der Waals surface area contributed by atoms with E-state index in [2.05, 4.69) is 30.6 Å². The lowest BCUT2D eigenvalue weighted by molar-refractivity contribution is -0.148. The molecule has 1 fully saturated rings. The molecule has 1 aliphatic heterocycles. The van der Waals surface area contributed by atoms with Gasteiger partial charge in [0.05, 0.1) is 61.2 Å². The van der Waals surface area contributed by atoms with E-state index < -0.39 is 19.3 Å². The van der Waals surface area contributed by atoms with E-state index in [0.717, 1.165) is 11.3 Å². The first kappa shape index (κ1) is 36.2. The molecule has 0 saturated carbocycles. The van der Waals surface area contributed by atoms with Crippen LogP contribution in [-0.2, 0) is 17.9 Å². The van der Waals surface area contributed by atoms with Gasteiger partial charge in [-0.05, 0) is 6.42 Å². The number of hydrogen-bond acceptors (Lipinski definition) is 10. The van der Waals surface area contributed by atoms with Crippen molar-refractivity contribution in [3.8, 4) is 45.4 Å². The number of benzene rings is 2. The fraction of sp³-hybridized carbons (Fsp3) is 0.364. The number of aliphatic hydroxyl groups is 1. The van der Waals surface area contributed by atoms with E-state index in [1.54, 1.807) is 24.4 Å². The quantitative estimate of drug-likeness (QED) is 0.157. The normalized spacial score (nSPS) is 14.7. The minimum atomic E-state index is -4.46. The molecular formula is C33H34Cl2F3N7O4. The van der Waals surface area contributed by atoms with Crippen LogP contribution in [0.1, 0.15) is 24.2 Å². The van der Waals surface area contributed by atoms with Gasteiger partial charge < -0.3 is 25.2 Å². The highest BCUT2D eigenvalue weighted by atomic mass is 35.5. The Morgan fingerprint density at radius 3 is 2.00 bits per heavy atom. The first-order chi connectivity index (χ1) is 23.5. The van der Waals surface area contributed by atoms with Gasteiger partial charge in [0, 0.05) is 60.9 Å². The Balaban J connectivity index is 1.39. The maximum atomic E-state index is 13.1. The van der Waals surface area contributed by atoms with Crippen LogP contribution in [0.15, 0.2) is 48.8 Å². The third-order valence-corrected chi connectivity index (χ3v) is 8.62. The molecule has 0 bridgehead atoms. The Labute approximate surface area is 290 Å². The molecule has 1 saturated heterocycles. The second kappa shape index (κ2) is 16.1. The van der Waals surface area contributed by atoms with E-state index in [1.807, 2.05) is 18.2 Å². The summed E-state index contributed by atoms with van der Waals surface area (Å²) in [6.45, 7) is -1.14. The number of methoxy groups -OCH3 is 2. The van der Waals surface area contributed by atoms with E-state index in [-0.39, 0.29) is 36.6 Å². The maximum absolute atomic E-state index is 13.1. The number of hydrogen-bond donors (Lipinski definition) is 3. The summed E-state index contributed by atoms with van der Waals surface area (Å²) in [5.41, 5.74) is 3.88. The van der Waals surface area contributed by atoms with Crippen LogP contribution in [0, 0.1) is 0 Å². The maximum Gasteiger partial charge on any atom is 0.401 e. The monoisotopic (exact) mass is 719 g/mol. The molecule has 0 radical (unpaired) electrons. The number of aliphatic hydroxyl groups excluding tert-OH is 1. The first-order valence-electron chi connectivity index (χ1n) is 15.3. The van der Waals surface area contributed by atoms with E-state index in [0.29, 0.717) is 74.8 Å².